The van der Waals surface area contributed by atoms with Crippen molar-refractivity contribution in [2.45, 2.75) is 6.42 Å². The van der Waals surface area contributed by atoms with Crippen LogP contribution in [0.5, 0.6) is 0 Å². The average molecular weight is 200 g/mol. The molecular weight excluding hydrogens is 188 g/mol. The van der Waals surface area contributed by atoms with Gasteiger partial charge in [-0.3, -0.25) is 4.79 Å². The van der Waals surface area contributed by atoms with Gasteiger partial charge in [-0.1, -0.05) is 24.8 Å². The molecule has 0 aromatic heterocycles. The van der Waals surface area contributed by atoms with Gasteiger partial charge >= 0.3 is 0 Å². The van der Waals surface area contributed by atoms with E-state index in [9.17, 15) is 4.79 Å². The summed E-state index contributed by atoms with van der Waals surface area (Å²) in [5.74, 6) is -0.0487. The molecular formula is C12H12N2O. The van der Waals surface area contributed by atoms with Gasteiger partial charge < -0.3 is 0 Å². The van der Waals surface area contributed by atoms with Gasteiger partial charge in [0.1, 0.15) is 0 Å². The van der Waals surface area contributed by atoms with Gasteiger partial charge in [-0.05, 0) is 18.2 Å². The third-order valence-electron chi connectivity index (χ3n) is 2.32. The molecule has 0 unspecified atom stereocenters. The minimum absolute atomic E-state index is 0.0487. The molecule has 3 nitrogen and oxygen atoms in total. The summed E-state index contributed by atoms with van der Waals surface area (Å²) in [7, 11) is 0. The predicted molar refractivity (Wildman–Crippen MR) is 59.7 cm³/mol. The lowest BCUT2D eigenvalue weighted by atomic mass is 10.2. The maximum atomic E-state index is 11.9. The molecule has 76 valence electrons. The highest BCUT2D eigenvalue weighted by atomic mass is 16.2. The summed E-state index contributed by atoms with van der Waals surface area (Å²) in [6.07, 6.45) is 2.49. The third-order valence-corrected chi connectivity index (χ3v) is 2.32. The predicted octanol–water partition coefficient (Wildman–Crippen LogP) is 2.07. The summed E-state index contributed by atoms with van der Waals surface area (Å²) in [6.45, 7) is 4.29. The SMILES string of the molecule is C=CC1=NN(C(=O)c2ccccc2)CC1. The van der Waals surface area contributed by atoms with Crippen LogP contribution >= 0.6 is 0 Å². The molecule has 0 saturated heterocycles. The van der Waals surface area contributed by atoms with E-state index in [0.717, 1.165) is 12.1 Å². The Morgan fingerprint density at radius 2 is 2.13 bits per heavy atom. The van der Waals surface area contributed by atoms with Crippen LogP contribution in [0.4, 0.5) is 0 Å². The van der Waals surface area contributed by atoms with Crippen molar-refractivity contribution in [2.75, 3.05) is 6.54 Å². The monoisotopic (exact) mass is 200 g/mol. The van der Waals surface area contributed by atoms with Crippen LogP contribution in [0.15, 0.2) is 48.1 Å². The van der Waals surface area contributed by atoms with Crippen molar-refractivity contribution in [1.29, 1.82) is 0 Å². The molecule has 1 aliphatic rings. The second-order valence-electron chi connectivity index (χ2n) is 3.34. The zero-order valence-electron chi connectivity index (χ0n) is 8.39. The normalized spacial score (nSPS) is 14.9. The lowest BCUT2D eigenvalue weighted by molar-refractivity contribution is 0.0778. The number of hydrogen-bond acceptors (Lipinski definition) is 2. The van der Waals surface area contributed by atoms with E-state index < -0.39 is 0 Å². The standard InChI is InChI=1S/C12H12N2O/c1-2-11-8-9-14(13-11)12(15)10-6-4-3-5-7-10/h2-7H,1,8-9H2. The number of carbonyl (C=O) groups excluding carboxylic acids is 1. The Morgan fingerprint density at radius 3 is 2.73 bits per heavy atom. The van der Waals surface area contributed by atoms with Crippen LogP contribution in [-0.2, 0) is 0 Å². The second kappa shape index (κ2) is 4.09. The largest absolute Gasteiger partial charge is 0.273 e. The minimum Gasteiger partial charge on any atom is -0.267 e. The fourth-order valence-electron chi connectivity index (χ4n) is 1.50. The summed E-state index contributed by atoms with van der Waals surface area (Å²) < 4.78 is 0. The summed E-state index contributed by atoms with van der Waals surface area (Å²) in [5, 5.41) is 5.66. The van der Waals surface area contributed by atoms with E-state index in [0.29, 0.717) is 12.1 Å². The first-order valence-corrected chi connectivity index (χ1v) is 4.88. The second-order valence-corrected chi connectivity index (χ2v) is 3.34. The molecule has 0 aliphatic carbocycles. The zero-order chi connectivity index (χ0) is 10.7. The van der Waals surface area contributed by atoms with Gasteiger partial charge in [0.25, 0.3) is 5.91 Å². The molecule has 0 fully saturated rings. The molecule has 1 amide bonds. The van der Waals surface area contributed by atoms with Crippen molar-refractivity contribution in [3.05, 3.63) is 48.6 Å². The number of benzene rings is 1. The highest BCUT2D eigenvalue weighted by Gasteiger charge is 2.19. The fourth-order valence-corrected chi connectivity index (χ4v) is 1.50. The van der Waals surface area contributed by atoms with E-state index >= 15 is 0 Å². The maximum absolute atomic E-state index is 11.9. The van der Waals surface area contributed by atoms with Crippen molar-refractivity contribution < 1.29 is 4.79 Å². The minimum atomic E-state index is -0.0487. The van der Waals surface area contributed by atoms with E-state index in [1.54, 1.807) is 18.2 Å². The molecule has 2 rings (SSSR count). The quantitative estimate of drug-likeness (QED) is 0.719. The Bertz CT molecular complexity index is 409. The van der Waals surface area contributed by atoms with Crippen LogP contribution in [0.2, 0.25) is 0 Å². The number of rotatable bonds is 2. The Morgan fingerprint density at radius 1 is 1.40 bits per heavy atom. The number of hydrazone groups is 1. The Kier molecular flexibility index (Phi) is 2.63. The van der Waals surface area contributed by atoms with E-state index in [-0.39, 0.29) is 5.91 Å². The summed E-state index contributed by atoms with van der Waals surface area (Å²) >= 11 is 0. The Hall–Kier alpha value is -1.90. The topological polar surface area (TPSA) is 32.7 Å². The molecule has 1 aliphatic heterocycles. The number of nitrogens with zero attached hydrogens (tertiary/aromatic N) is 2. The Balaban J connectivity index is 2.17. The maximum Gasteiger partial charge on any atom is 0.273 e. The molecule has 1 aromatic carbocycles. The Labute approximate surface area is 88.7 Å². The van der Waals surface area contributed by atoms with Gasteiger partial charge in [-0.15, -0.1) is 0 Å². The third kappa shape index (κ3) is 1.96. The van der Waals surface area contributed by atoms with E-state index in [4.69, 9.17) is 0 Å². The molecule has 1 heterocycles. The summed E-state index contributed by atoms with van der Waals surface area (Å²) in [5.41, 5.74) is 1.55. The van der Waals surface area contributed by atoms with Gasteiger partial charge in [0.05, 0.1) is 12.3 Å². The van der Waals surface area contributed by atoms with Gasteiger partial charge in [0.15, 0.2) is 0 Å². The van der Waals surface area contributed by atoms with E-state index in [2.05, 4.69) is 11.7 Å². The fraction of sp³-hybridized carbons (Fsp3) is 0.167. The van der Waals surface area contributed by atoms with Crippen molar-refractivity contribution in [3.8, 4) is 0 Å². The number of carbonyl (C=O) groups is 1. The highest BCUT2D eigenvalue weighted by molar-refractivity contribution is 6.00. The van der Waals surface area contributed by atoms with Crippen molar-refractivity contribution in [3.63, 3.8) is 0 Å². The molecule has 3 heteroatoms. The first kappa shape index (κ1) is 9.65. The van der Waals surface area contributed by atoms with Crippen LogP contribution < -0.4 is 0 Å². The molecule has 0 spiro atoms. The van der Waals surface area contributed by atoms with Gasteiger partial charge in [0.2, 0.25) is 0 Å². The summed E-state index contributed by atoms with van der Waals surface area (Å²) in [6, 6.07) is 9.18. The zero-order valence-corrected chi connectivity index (χ0v) is 8.39. The number of hydrogen-bond donors (Lipinski definition) is 0. The van der Waals surface area contributed by atoms with Crippen molar-refractivity contribution >= 4 is 11.6 Å². The lowest BCUT2D eigenvalue weighted by Crippen LogP contribution is -2.23. The van der Waals surface area contributed by atoms with Crippen LogP contribution in [0.1, 0.15) is 16.8 Å². The van der Waals surface area contributed by atoms with Gasteiger partial charge in [-0.25, -0.2) is 5.01 Å². The molecule has 0 bridgehead atoms. The molecule has 0 N–H and O–H groups in total. The highest BCUT2D eigenvalue weighted by Crippen LogP contribution is 2.11. The van der Waals surface area contributed by atoms with Crippen LogP contribution in [-0.4, -0.2) is 23.2 Å². The van der Waals surface area contributed by atoms with Gasteiger partial charge in [-0.2, -0.15) is 5.10 Å². The molecule has 0 atom stereocenters. The first-order chi connectivity index (χ1) is 7.31. The summed E-state index contributed by atoms with van der Waals surface area (Å²) in [4.78, 5) is 11.9. The van der Waals surface area contributed by atoms with E-state index in [1.165, 1.54) is 5.01 Å². The van der Waals surface area contributed by atoms with Crippen LogP contribution in [0.25, 0.3) is 0 Å². The number of allylic oxidation sites excluding steroid dienone is 1. The van der Waals surface area contributed by atoms with Gasteiger partial charge in [0, 0.05) is 12.0 Å². The molecule has 1 aromatic rings. The number of amides is 1. The van der Waals surface area contributed by atoms with E-state index in [1.807, 2.05) is 18.2 Å². The molecule has 15 heavy (non-hydrogen) atoms. The first-order valence-electron chi connectivity index (χ1n) is 4.88. The van der Waals surface area contributed by atoms with Crippen molar-refractivity contribution in [1.82, 2.24) is 5.01 Å². The molecule has 0 radical (unpaired) electrons. The lowest BCUT2D eigenvalue weighted by Gasteiger charge is -2.10. The van der Waals surface area contributed by atoms with Crippen molar-refractivity contribution in [2.24, 2.45) is 5.10 Å². The smallest absolute Gasteiger partial charge is 0.267 e. The van der Waals surface area contributed by atoms with Crippen LogP contribution in [0.3, 0.4) is 0 Å². The average Bonchev–Trinajstić information content (AvgIpc) is 2.78. The van der Waals surface area contributed by atoms with Crippen LogP contribution in [0, 0.1) is 0 Å². The molecule has 0 saturated carbocycles.